The number of ether oxygens (including phenoxy) is 1. The number of carbonyl (C=O) groups is 1. The molecule has 0 saturated carbocycles. The number of aromatic nitrogens is 2. The van der Waals surface area contributed by atoms with Gasteiger partial charge in [-0.1, -0.05) is 18.2 Å². The van der Waals surface area contributed by atoms with Gasteiger partial charge in [0.1, 0.15) is 17.1 Å². The summed E-state index contributed by atoms with van der Waals surface area (Å²) in [5, 5.41) is 2.98. The summed E-state index contributed by atoms with van der Waals surface area (Å²) < 4.78 is 7.30. The van der Waals surface area contributed by atoms with Crippen molar-refractivity contribution in [1.29, 1.82) is 0 Å². The number of hydrogen-bond acceptors (Lipinski definition) is 3. The predicted molar refractivity (Wildman–Crippen MR) is 93.4 cm³/mol. The number of carbonyl (C=O) groups excluding carboxylic acids is 1. The summed E-state index contributed by atoms with van der Waals surface area (Å²) in [5.74, 6) is 0.647. The van der Waals surface area contributed by atoms with E-state index in [2.05, 4.69) is 10.3 Å². The largest absolute Gasteiger partial charge is 0.494 e. The Morgan fingerprint density at radius 2 is 1.96 bits per heavy atom. The van der Waals surface area contributed by atoms with Crippen molar-refractivity contribution >= 4 is 11.6 Å². The molecule has 0 fully saturated rings. The van der Waals surface area contributed by atoms with E-state index in [1.807, 2.05) is 67.8 Å². The fourth-order valence-electron chi connectivity index (χ4n) is 2.59. The second-order valence-corrected chi connectivity index (χ2v) is 5.80. The highest BCUT2D eigenvalue weighted by Crippen LogP contribution is 2.18. The maximum absolute atomic E-state index is 12.4. The van der Waals surface area contributed by atoms with E-state index in [0.29, 0.717) is 12.3 Å². The van der Waals surface area contributed by atoms with Gasteiger partial charge in [-0.25, -0.2) is 4.98 Å². The van der Waals surface area contributed by atoms with Gasteiger partial charge in [-0.3, -0.25) is 4.79 Å². The molecule has 1 unspecified atom stereocenters. The van der Waals surface area contributed by atoms with Gasteiger partial charge >= 0.3 is 0 Å². The molecule has 3 rings (SSSR count). The van der Waals surface area contributed by atoms with Gasteiger partial charge in [-0.2, -0.15) is 0 Å². The fraction of sp³-hybridized carbons (Fsp3) is 0.263. The van der Waals surface area contributed by atoms with Crippen molar-refractivity contribution in [2.24, 2.45) is 0 Å². The lowest BCUT2D eigenvalue weighted by Crippen LogP contribution is -2.26. The molecule has 5 heteroatoms. The Hall–Kier alpha value is -2.82. The van der Waals surface area contributed by atoms with Gasteiger partial charge < -0.3 is 14.5 Å². The number of fused-ring (bicyclic) bond motifs is 1. The summed E-state index contributed by atoms with van der Waals surface area (Å²) >= 11 is 0. The van der Waals surface area contributed by atoms with Gasteiger partial charge in [0, 0.05) is 12.4 Å². The molecule has 0 aliphatic heterocycles. The van der Waals surface area contributed by atoms with Crippen molar-refractivity contribution in [3.63, 3.8) is 0 Å². The van der Waals surface area contributed by atoms with Crippen LogP contribution in [0.1, 0.15) is 41.5 Å². The van der Waals surface area contributed by atoms with Crippen molar-refractivity contribution in [1.82, 2.24) is 14.7 Å². The third-order valence-corrected chi connectivity index (χ3v) is 3.87. The number of nitrogens with one attached hydrogen (secondary N) is 1. The van der Waals surface area contributed by atoms with E-state index in [4.69, 9.17) is 4.74 Å². The van der Waals surface area contributed by atoms with Gasteiger partial charge in [0.25, 0.3) is 5.91 Å². The first-order chi connectivity index (χ1) is 11.6. The molecule has 0 bridgehead atoms. The van der Waals surface area contributed by atoms with Crippen molar-refractivity contribution in [3.05, 3.63) is 65.6 Å². The maximum Gasteiger partial charge on any atom is 0.271 e. The van der Waals surface area contributed by atoms with Crippen molar-refractivity contribution in [2.75, 3.05) is 6.61 Å². The monoisotopic (exact) mass is 323 g/mol. The Morgan fingerprint density at radius 1 is 1.21 bits per heavy atom. The average Bonchev–Trinajstić information content (AvgIpc) is 2.99. The molecule has 124 valence electrons. The van der Waals surface area contributed by atoms with E-state index in [-0.39, 0.29) is 11.9 Å². The van der Waals surface area contributed by atoms with Crippen LogP contribution in [0, 0.1) is 6.92 Å². The van der Waals surface area contributed by atoms with Gasteiger partial charge in [0.2, 0.25) is 0 Å². The Morgan fingerprint density at radius 3 is 2.67 bits per heavy atom. The van der Waals surface area contributed by atoms with Crippen LogP contribution in [0.2, 0.25) is 0 Å². The zero-order valence-electron chi connectivity index (χ0n) is 14.1. The molecular formula is C19H21N3O2. The molecule has 2 aromatic heterocycles. The van der Waals surface area contributed by atoms with E-state index >= 15 is 0 Å². The predicted octanol–water partition coefficient (Wildman–Crippen LogP) is 3.53. The van der Waals surface area contributed by atoms with E-state index in [9.17, 15) is 4.79 Å². The minimum Gasteiger partial charge on any atom is -0.494 e. The fourth-order valence-corrected chi connectivity index (χ4v) is 2.59. The van der Waals surface area contributed by atoms with Gasteiger partial charge in [0.15, 0.2) is 0 Å². The molecule has 5 nitrogen and oxygen atoms in total. The molecule has 24 heavy (non-hydrogen) atoms. The zero-order chi connectivity index (χ0) is 17.1. The van der Waals surface area contributed by atoms with E-state index < -0.39 is 0 Å². The van der Waals surface area contributed by atoms with Crippen LogP contribution in [-0.2, 0) is 0 Å². The molecule has 1 amide bonds. The van der Waals surface area contributed by atoms with E-state index in [0.717, 1.165) is 22.5 Å². The molecule has 0 aliphatic rings. The third kappa shape index (κ3) is 3.40. The standard InChI is InChI=1S/C19H21N3O2/c1-4-24-16-8-6-15(7-9-16)14(3)20-19(23)17-12-22-11-13(2)5-10-18(22)21-17/h5-12,14H,4H2,1-3H3,(H,20,23). The third-order valence-electron chi connectivity index (χ3n) is 3.87. The second-order valence-electron chi connectivity index (χ2n) is 5.80. The molecule has 3 aromatic rings. The highest BCUT2D eigenvalue weighted by molar-refractivity contribution is 5.93. The lowest BCUT2D eigenvalue weighted by molar-refractivity contribution is 0.0935. The van der Waals surface area contributed by atoms with Crippen LogP contribution < -0.4 is 10.1 Å². The van der Waals surface area contributed by atoms with Crippen LogP contribution in [0.5, 0.6) is 5.75 Å². The van der Waals surface area contributed by atoms with Crippen molar-refractivity contribution in [3.8, 4) is 5.75 Å². The highest BCUT2D eigenvalue weighted by atomic mass is 16.5. The molecule has 2 heterocycles. The number of rotatable bonds is 5. The molecule has 1 N–H and O–H groups in total. The first-order valence-electron chi connectivity index (χ1n) is 8.06. The number of imidazole rings is 1. The summed E-state index contributed by atoms with van der Waals surface area (Å²) in [6.07, 6.45) is 3.71. The first-order valence-corrected chi connectivity index (χ1v) is 8.06. The quantitative estimate of drug-likeness (QED) is 0.781. The van der Waals surface area contributed by atoms with Crippen LogP contribution in [0.4, 0.5) is 0 Å². The van der Waals surface area contributed by atoms with E-state index in [1.54, 1.807) is 6.20 Å². The van der Waals surface area contributed by atoms with Crippen molar-refractivity contribution < 1.29 is 9.53 Å². The number of nitrogens with zero attached hydrogens (tertiary/aromatic N) is 2. The Balaban J connectivity index is 1.72. The topological polar surface area (TPSA) is 55.6 Å². The minimum absolute atomic E-state index is 0.111. The van der Waals surface area contributed by atoms with Gasteiger partial charge in [0.05, 0.1) is 12.6 Å². The second kappa shape index (κ2) is 6.74. The summed E-state index contributed by atoms with van der Waals surface area (Å²) in [5.41, 5.74) is 3.32. The van der Waals surface area contributed by atoms with Crippen LogP contribution in [0.3, 0.4) is 0 Å². The number of hydrogen-bond donors (Lipinski definition) is 1. The van der Waals surface area contributed by atoms with Gasteiger partial charge in [-0.15, -0.1) is 0 Å². The Bertz CT molecular complexity index is 853. The number of amides is 1. The zero-order valence-corrected chi connectivity index (χ0v) is 14.1. The molecular weight excluding hydrogens is 302 g/mol. The van der Waals surface area contributed by atoms with Crippen LogP contribution in [0.25, 0.3) is 5.65 Å². The maximum atomic E-state index is 12.4. The SMILES string of the molecule is CCOc1ccc(C(C)NC(=O)c2cn3cc(C)ccc3n2)cc1. The highest BCUT2D eigenvalue weighted by Gasteiger charge is 2.14. The summed E-state index contributed by atoms with van der Waals surface area (Å²) in [6, 6.07) is 11.5. The number of aryl methyl sites for hydroxylation is 1. The molecule has 0 spiro atoms. The lowest BCUT2D eigenvalue weighted by atomic mass is 10.1. The first kappa shape index (κ1) is 16.1. The van der Waals surface area contributed by atoms with Crippen LogP contribution in [0.15, 0.2) is 48.8 Å². The summed E-state index contributed by atoms with van der Waals surface area (Å²) in [6.45, 7) is 6.55. The molecule has 1 aromatic carbocycles. The molecule has 1 atom stereocenters. The average molecular weight is 323 g/mol. The number of pyridine rings is 1. The Labute approximate surface area is 141 Å². The minimum atomic E-state index is -0.183. The summed E-state index contributed by atoms with van der Waals surface area (Å²) in [4.78, 5) is 16.8. The normalized spacial score (nSPS) is 12.1. The van der Waals surface area contributed by atoms with Crippen LogP contribution in [-0.4, -0.2) is 21.9 Å². The number of benzene rings is 1. The Kier molecular flexibility index (Phi) is 4.51. The lowest BCUT2D eigenvalue weighted by Gasteiger charge is -2.14. The van der Waals surface area contributed by atoms with E-state index in [1.165, 1.54) is 0 Å². The molecule has 0 radical (unpaired) electrons. The smallest absolute Gasteiger partial charge is 0.271 e. The summed E-state index contributed by atoms with van der Waals surface area (Å²) in [7, 11) is 0. The van der Waals surface area contributed by atoms with Crippen LogP contribution >= 0.6 is 0 Å². The molecule has 0 aliphatic carbocycles. The molecule has 0 saturated heterocycles. The van der Waals surface area contributed by atoms with Gasteiger partial charge in [-0.05, 0) is 50.1 Å². The van der Waals surface area contributed by atoms with Crippen molar-refractivity contribution in [2.45, 2.75) is 26.8 Å².